The molecule has 0 spiro atoms. The van der Waals surface area contributed by atoms with Crippen LogP contribution in [-0.4, -0.2) is 60.9 Å². The largest absolute Gasteiger partial charge is 0.463 e. The van der Waals surface area contributed by atoms with Crippen molar-refractivity contribution in [2.75, 3.05) is 26.2 Å². The molecule has 1 fully saturated rings. The van der Waals surface area contributed by atoms with Gasteiger partial charge in [-0.05, 0) is 34.6 Å². The number of morpholine rings is 1. The van der Waals surface area contributed by atoms with Gasteiger partial charge in [0.1, 0.15) is 0 Å². The van der Waals surface area contributed by atoms with E-state index in [0.29, 0.717) is 24.4 Å². The molecule has 2 heterocycles. The summed E-state index contributed by atoms with van der Waals surface area (Å²) in [6.07, 6.45) is 0.0974. The van der Waals surface area contributed by atoms with Crippen molar-refractivity contribution >= 4 is 12.0 Å². The van der Waals surface area contributed by atoms with Crippen molar-refractivity contribution in [3.8, 4) is 0 Å². The monoisotopic (exact) mass is 325 g/mol. The Bertz CT molecular complexity index is 515. The number of rotatable bonds is 4. The van der Waals surface area contributed by atoms with Gasteiger partial charge in [-0.25, -0.2) is 9.59 Å². The fourth-order valence-corrected chi connectivity index (χ4v) is 3.33. The summed E-state index contributed by atoms with van der Waals surface area (Å²) in [5.41, 5.74) is 0.846. The van der Waals surface area contributed by atoms with E-state index < -0.39 is 0 Å². The summed E-state index contributed by atoms with van der Waals surface area (Å²) < 4.78 is 11.0. The van der Waals surface area contributed by atoms with Crippen LogP contribution in [0.5, 0.6) is 0 Å². The maximum atomic E-state index is 12.2. The van der Waals surface area contributed by atoms with E-state index in [0.717, 1.165) is 13.1 Å². The van der Waals surface area contributed by atoms with Crippen LogP contribution in [0, 0.1) is 0 Å². The van der Waals surface area contributed by atoms with Crippen LogP contribution < -0.4 is 10.6 Å². The van der Waals surface area contributed by atoms with Crippen LogP contribution >= 0.6 is 0 Å². The van der Waals surface area contributed by atoms with Crippen molar-refractivity contribution < 1.29 is 19.1 Å². The molecule has 7 nitrogen and oxygen atoms in total. The maximum Gasteiger partial charge on any atom is 0.337 e. The summed E-state index contributed by atoms with van der Waals surface area (Å²) in [6, 6.07) is -0.662. The second kappa shape index (κ2) is 6.88. The predicted molar refractivity (Wildman–Crippen MR) is 85.9 cm³/mol. The normalized spacial score (nSPS) is 28.1. The first-order chi connectivity index (χ1) is 10.7. The van der Waals surface area contributed by atoms with Crippen LogP contribution in [0.25, 0.3) is 0 Å². The number of esters is 1. The van der Waals surface area contributed by atoms with Crippen LogP contribution in [0.15, 0.2) is 11.3 Å². The second-order valence-electron chi connectivity index (χ2n) is 6.79. The van der Waals surface area contributed by atoms with E-state index in [2.05, 4.69) is 15.5 Å². The third-order valence-electron chi connectivity index (χ3n) is 3.89. The Balaban J connectivity index is 2.23. The molecule has 0 bridgehead atoms. The first-order valence-electron chi connectivity index (χ1n) is 8.09. The zero-order valence-corrected chi connectivity index (χ0v) is 14.6. The van der Waals surface area contributed by atoms with Gasteiger partial charge < -0.3 is 20.1 Å². The molecule has 2 aliphatic rings. The Morgan fingerprint density at radius 3 is 2.74 bits per heavy atom. The van der Waals surface area contributed by atoms with Crippen molar-refractivity contribution in [1.29, 1.82) is 0 Å². The fraction of sp³-hybridized carbons (Fsp3) is 0.750. The molecule has 0 saturated carbocycles. The van der Waals surface area contributed by atoms with Gasteiger partial charge in [-0.2, -0.15) is 0 Å². The number of hydrogen-bond acceptors (Lipinski definition) is 5. The summed E-state index contributed by atoms with van der Waals surface area (Å²) in [4.78, 5) is 26.2. The van der Waals surface area contributed by atoms with Gasteiger partial charge in [-0.3, -0.25) is 4.90 Å². The van der Waals surface area contributed by atoms with E-state index in [4.69, 9.17) is 9.47 Å². The smallest absolute Gasteiger partial charge is 0.337 e. The highest BCUT2D eigenvalue weighted by atomic mass is 16.5. The standard InChI is InChI=1S/C16H27N3O4/c1-6-22-14(20)13-11(3)17-15(21)18-12(13)8-19-7-10(2)23-16(4,5)9-19/h10-11H,6-9H2,1-5H3,(H2,17,18,21)/t10-,11+/m1/s1. The Morgan fingerprint density at radius 2 is 2.13 bits per heavy atom. The molecule has 2 atom stereocenters. The summed E-state index contributed by atoms with van der Waals surface area (Å²) >= 11 is 0. The van der Waals surface area contributed by atoms with E-state index in [1.165, 1.54) is 0 Å². The number of amides is 2. The average molecular weight is 325 g/mol. The Morgan fingerprint density at radius 1 is 1.43 bits per heavy atom. The van der Waals surface area contributed by atoms with Gasteiger partial charge >= 0.3 is 12.0 Å². The zero-order valence-electron chi connectivity index (χ0n) is 14.6. The molecule has 130 valence electrons. The molecule has 23 heavy (non-hydrogen) atoms. The lowest BCUT2D eigenvalue weighted by molar-refractivity contribution is -0.139. The minimum atomic E-state index is -0.386. The lowest BCUT2D eigenvalue weighted by Gasteiger charge is -2.42. The number of nitrogens with one attached hydrogen (secondary N) is 2. The fourth-order valence-electron chi connectivity index (χ4n) is 3.33. The van der Waals surface area contributed by atoms with E-state index in [1.807, 2.05) is 20.8 Å². The Kier molecular flexibility index (Phi) is 5.31. The lowest BCUT2D eigenvalue weighted by Crippen LogP contribution is -2.55. The Hall–Kier alpha value is -1.60. The first kappa shape index (κ1) is 17.7. The third kappa shape index (κ3) is 4.45. The van der Waals surface area contributed by atoms with Crippen LogP contribution in [-0.2, 0) is 14.3 Å². The average Bonchev–Trinajstić information content (AvgIpc) is 2.35. The molecule has 2 amide bonds. The van der Waals surface area contributed by atoms with Gasteiger partial charge in [0, 0.05) is 25.3 Å². The highest BCUT2D eigenvalue weighted by Crippen LogP contribution is 2.23. The SMILES string of the molecule is CCOC(=O)C1=C(CN2C[C@@H](C)OC(C)(C)C2)NC(=O)N[C@H]1C. The molecule has 0 aliphatic carbocycles. The molecule has 2 rings (SSSR count). The first-order valence-corrected chi connectivity index (χ1v) is 8.09. The summed E-state index contributed by atoms with van der Waals surface area (Å²) in [6.45, 7) is 11.9. The summed E-state index contributed by atoms with van der Waals surface area (Å²) in [5.74, 6) is -0.386. The van der Waals surface area contributed by atoms with E-state index in [9.17, 15) is 9.59 Å². The van der Waals surface area contributed by atoms with Crippen molar-refractivity contribution in [2.24, 2.45) is 0 Å². The van der Waals surface area contributed by atoms with Gasteiger partial charge in [0.2, 0.25) is 0 Å². The third-order valence-corrected chi connectivity index (χ3v) is 3.89. The van der Waals surface area contributed by atoms with Gasteiger partial charge in [0.15, 0.2) is 0 Å². The van der Waals surface area contributed by atoms with E-state index in [1.54, 1.807) is 13.8 Å². The number of carbonyl (C=O) groups excluding carboxylic acids is 2. The molecule has 2 aliphatic heterocycles. The minimum absolute atomic E-state index is 0.0974. The quantitative estimate of drug-likeness (QED) is 0.754. The molecule has 0 aromatic heterocycles. The molecule has 0 unspecified atom stereocenters. The van der Waals surface area contributed by atoms with Gasteiger partial charge in [-0.1, -0.05) is 0 Å². The number of hydrogen-bond donors (Lipinski definition) is 2. The van der Waals surface area contributed by atoms with Crippen molar-refractivity contribution in [2.45, 2.75) is 52.4 Å². The van der Waals surface area contributed by atoms with Crippen molar-refractivity contribution in [3.05, 3.63) is 11.3 Å². The van der Waals surface area contributed by atoms with Crippen LogP contribution in [0.1, 0.15) is 34.6 Å². The van der Waals surface area contributed by atoms with Crippen LogP contribution in [0.3, 0.4) is 0 Å². The predicted octanol–water partition coefficient (Wildman–Crippen LogP) is 1.00. The zero-order chi connectivity index (χ0) is 17.2. The van der Waals surface area contributed by atoms with Gasteiger partial charge in [0.25, 0.3) is 0 Å². The molecule has 0 aromatic rings. The molecular formula is C16H27N3O4. The van der Waals surface area contributed by atoms with E-state index in [-0.39, 0.29) is 29.7 Å². The number of carbonyl (C=O) groups is 2. The molecule has 7 heteroatoms. The van der Waals surface area contributed by atoms with Crippen molar-refractivity contribution in [3.63, 3.8) is 0 Å². The van der Waals surface area contributed by atoms with Crippen LogP contribution in [0.2, 0.25) is 0 Å². The minimum Gasteiger partial charge on any atom is -0.463 e. The lowest BCUT2D eigenvalue weighted by atomic mass is 10.0. The highest BCUT2D eigenvalue weighted by molar-refractivity contribution is 5.94. The summed E-state index contributed by atoms with van der Waals surface area (Å²) in [7, 11) is 0. The molecule has 1 saturated heterocycles. The number of urea groups is 1. The molecule has 2 N–H and O–H groups in total. The van der Waals surface area contributed by atoms with E-state index >= 15 is 0 Å². The highest BCUT2D eigenvalue weighted by Gasteiger charge is 2.35. The number of ether oxygens (including phenoxy) is 2. The number of nitrogens with zero attached hydrogens (tertiary/aromatic N) is 1. The topological polar surface area (TPSA) is 79.9 Å². The van der Waals surface area contributed by atoms with Gasteiger partial charge in [-0.15, -0.1) is 0 Å². The summed E-state index contributed by atoms with van der Waals surface area (Å²) in [5, 5.41) is 5.48. The Labute approximate surface area is 137 Å². The van der Waals surface area contributed by atoms with Crippen molar-refractivity contribution in [1.82, 2.24) is 15.5 Å². The van der Waals surface area contributed by atoms with Gasteiger partial charge in [0.05, 0.1) is 29.9 Å². The maximum absolute atomic E-state index is 12.2. The molecule has 0 radical (unpaired) electrons. The molecular weight excluding hydrogens is 298 g/mol. The van der Waals surface area contributed by atoms with Crippen LogP contribution in [0.4, 0.5) is 4.79 Å². The second-order valence-corrected chi connectivity index (χ2v) is 6.79. The molecule has 0 aromatic carbocycles.